The van der Waals surface area contributed by atoms with Crippen LogP contribution in [0.15, 0.2) is 41.8 Å². The Bertz CT molecular complexity index is 873. The number of hydrogen-bond donors (Lipinski definition) is 1. The molecule has 0 saturated carbocycles. The van der Waals surface area contributed by atoms with Crippen LogP contribution in [-0.2, 0) is 18.4 Å². The zero-order valence-corrected chi connectivity index (χ0v) is 15.4. The topological polar surface area (TPSA) is 77.6 Å². The van der Waals surface area contributed by atoms with Gasteiger partial charge < -0.3 is 9.88 Å². The normalized spacial score (nSPS) is 10.8. The maximum absolute atomic E-state index is 12.1. The Balaban J connectivity index is 1.61. The van der Waals surface area contributed by atoms with Gasteiger partial charge in [0.25, 0.3) is 0 Å². The van der Waals surface area contributed by atoms with Crippen molar-refractivity contribution in [1.82, 2.24) is 24.5 Å². The first-order valence-corrected chi connectivity index (χ1v) is 9.03. The molecule has 25 heavy (non-hydrogen) atoms. The summed E-state index contributed by atoms with van der Waals surface area (Å²) in [6.07, 6.45) is 3.68. The molecule has 3 rings (SSSR count). The van der Waals surface area contributed by atoms with E-state index in [0.717, 1.165) is 17.9 Å². The van der Waals surface area contributed by atoms with Crippen LogP contribution in [0.3, 0.4) is 0 Å². The summed E-state index contributed by atoms with van der Waals surface area (Å²) < 4.78 is 3.69. The lowest BCUT2D eigenvalue weighted by Crippen LogP contribution is -2.14. The highest BCUT2D eigenvalue weighted by Crippen LogP contribution is 2.22. The number of carbonyl (C=O) groups excluding carboxylic acids is 1. The van der Waals surface area contributed by atoms with Crippen LogP contribution in [0, 0.1) is 0 Å². The van der Waals surface area contributed by atoms with Crippen LogP contribution >= 0.6 is 23.4 Å². The van der Waals surface area contributed by atoms with E-state index in [1.54, 1.807) is 30.5 Å². The van der Waals surface area contributed by atoms with E-state index in [2.05, 4.69) is 20.6 Å². The molecule has 0 aliphatic rings. The molecule has 2 aromatic heterocycles. The third-order valence-corrected chi connectivity index (χ3v) is 4.78. The molecule has 0 aliphatic carbocycles. The van der Waals surface area contributed by atoms with Crippen molar-refractivity contribution in [3.8, 4) is 11.4 Å². The van der Waals surface area contributed by atoms with Crippen LogP contribution in [-0.4, -0.2) is 36.2 Å². The number of thioether (sulfide) groups is 1. The van der Waals surface area contributed by atoms with E-state index in [9.17, 15) is 4.79 Å². The monoisotopic (exact) mass is 376 g/mol. The molecule has 9 heteroatoms. The van der Waals surface area contributed by atoms with E-state index >= 15 is 0 Å². The van der Waals surface area contributed by atoms with E-state index in [1.807, 2.05) is 29.4 Å². The van der Waals surface area contributed by atoms with Crippen molar-refractivity contribution in [3.05, 3.63) is 41.7 Å². The van der Waals surface area contributed by atoms with Crippen LogP contribution in [0.1, 0.15) is 6.92 Å². The summed E-state index contributed by atoms with van der Waals surface area (Å²) in [7, 11) is 1.87. The predicted molar refractivity (Wildman–Crippen MR) is 98.7 cm³/mol. The minimum absolute atomic E-state index is 0.115. The zero-order chi connectivity index (χ0) is 17.8. The lowest BCUT2D eigenvalue weighted by atomic mass is 10.3. The Kier molecular flexibility index (Phi) is 5.40. The largest absolute Gasteiger partial charge is 0.325 e. The van der Waals surface area contributed by atoms with Gasteiger partial charge in [-0.3, -0.25) is 9.48 Å². The van der Waals surface area contributed by atoms with Crippen LogP contribution in [0.5, 0.6) is 0 Å². The molecular formula is C16H17ClN6OS. The molecule has 0 spiro atoms. The van der Waals surface area contributed by atoms with Crippen LogP contribution < -0.4 is 5.32 Å². The Labute approximate surface area is 154 Å². The number of benzene rings is 1. The summed E-state index contributed by atoms with van der Waals surface area (Å²) in [5.74, 6) is 0.846. The molecule has 1 N–H and O–H groups in total. The summed E-state index contributed by atoms with van der Waals surface area (Å²) in [4.78, 5) is 12.1. The molecule has 0 bridgehead atoms. The van der Waals surface area contributed by atoms with Gasteiger partial charge in [0, 0.05) is 30.5 Å². The molecule has 0 fully saturated rings. The Hall–Kier alpha value is -2.32. The Morgan fingerprint density at radius 3 is 2.72 bits per heavy atom. The minimum Gasteiger partial charge on any atom is -0.325 e. The first-order chi connectivity index (χ1) is 12.1. The van der Waals surface area contributed by atoms with Crippen molar-refractivity contribution in [3.63, 3.8) is 0 Å². The quantitative estimate of drug-likeness (QED) is 0.669. The molecule has 1 amide bonds. The van der Waals surface area contributed by atoms with Crippen molar-refractivity contribution in [1.29, 1.82) is 0 Å². The van der Waals surface area contributed by atoms with Crippen LogP contribution in [0.4, 0.5) is 5.69 Å². The molecular weight excluding hydrogens is 360 g/mol. The molecule has 0 atom stereocenters. The number of hydrogen-bond acceptors (Lipinski definition) is 5. The first-order valence-electron chi connectivity index (χ1n) is 7.67. The standard InChI is InChI=1S/C16H17ClN6OS/c1-3-23-9-11(8-18-23)15-20-21-16(22(15)2)25-10-14(24)19-13-6-4-12(17)5-7-13/h4-9H,3,10H2,1-2H3,(H,19,24). The fraction of sp³-hybridized carbons (Fsp3) is 0.250. The number of rotatable bonds is 6. The first kappa shape index (κ1) is 17.5. The summed E-state index contributed by atoms with van der Waals surface area (Å²) in [6.45, 7) is 2.82. The molecule has 0 saturated heterocycles. The third-order valence-electron chi connectivity index (χ3n) is 3.51. The summed E-state index contributed by atoms with van der Waals surface area (Å²) in [5, 5.41) is 16.7. The zero-order valence-electron chi connectivity index (χ0n) is 13.8. The van der Waals surface area contributed by atoms with Crippen molar-refractivity contribution >= 4 is 35.0 Å². The molecule has 3 aromatic rings. The number of anilines is 1. The fourth-order valence-electron chi connectivity index (χ4n) is 2.20. The fourth-order valence-corrected chi connectivity index (χ4v) is 3.04. The van der Waals surface area contributed by atoms with Crippen LogP contribution in [0.2, 0.25) is 5.02 Å². The molecule has 2 heterocycles. The molecule has 130 valence electrons. The van der Waals surface area contributed by atoms with Crippen LogP contribution in [0.25, 0.3) is 11.4 Å². The second-order valence-electron chi connectivity index (χ2n) is 5.29. The third kappa shape index (κ3) is 4.21. The van der Waals surface area contributed by atoms with Gasteiger partial charge >= 0.3 is 0 Å². The number of nitrogens with one attached hydrogen (secondary N) is 1. The average molecular weight is 377 g/mol. The Morgan fingerprint density at radius 1 is 1.28 bits per heavy atom. The highest BCUT2D eigenvalue weighted by molar-refractivity contribution is 7.99. The second-order valence-corrected chi connectivity index (χ2v) is 6.67. The SMILES string of the molecule is CCn1cc(-c2nnc(SCC(=O)Nc3ccc(Cl)cc3)n2C)cn1. The van der Waals surface area contributed by atoms with E-state index in [4.69, 9.17) is 11.6 Å². The number of aromatic nitrogens is 5. The van der Waals surface area contributed by atoms with Crippen molar-refractivity contribution in [2.45, 2.75) is 18.6 Å². The molecule has 7 nitrogen and oxygen atoms in total. The summed E-state index contributed by atoms with van der Waals surface area (Å²) in [5.41, 5.74) is 1.61. The predicted octanol–water partition coefficient (Wildman–Crippen LogP) is 3.08. The second kappa shape index (κ2) is 7.71. The van der Waals surface area contributed by atoms with Crippen molar-refractivity contribution in [2.24, 2.45) is 7.05 Å². The maximum Gasteiger partial charge on any atom is 0.234 e. The number of aryl methyl sites for hydroxylation is 1. The van der Waals surface area contributed by atoms with Crippen molar-refractivity contribution in [2.75, 3.05) is 11.1 Å². The maximum atomic E-state index is 12.1. The smallest absolute Gasteiger partial charge is 0.234 e. The molecule has 1 aromatic carbocycles. The number of amides is 1. The van der Waals surface area contributed by atoms with Gasteiger partial charge in [-0.1, -0.05) is 23.4 Å². The van der Waals surface area contributed by atoms with Gasteiger partial charge in [-0.05, 0) is 31.2 Å². The van der Waals surface area contributed by atoms with E-state index < -0.39 is 0 Å². The van der Waals surface area contributed by atoms with E-state index in [0.29, 0.717) is 15.9 Å². The number of nitrogens with zero attached hydrogens (tertiary/aromatic N) is 5. The minimum atomic E-state index is -0.115. The van der Waals surface area contributed by atoms with Gasteiger partial charge in [0.2, 0.25) is 5.91 Å². The highest BCUT2D eigenvalue weighted by atomic mass is 35.5. The van der Waals surface area contributed by atoms with Crippen molar-refractivity contribution < 1.29 is 4.79 Å². The lowest BCUT2D eigenvalue weighted by molar-refractivity contribution is -0.113. The summed E-state index contributed by atoms with van der Waals surface area (Å²) >= 11 is 7.16. The van der Waals surface area contributed by atoms with Gasteiger partial charge in [0.05, 0.1) is 17.5 Å². The summed E-state index contributed by atoms with van der Waals surface area (Å²) in [6, 6.07) is 6.98. The van der Waals surface area contributed by atoms with E-state index in [-0.39, 0.29) is 11.7 Å². The average Bonchev–Trinajstić information content (AvgIpc) is 3.21. The van der Waals surface area contributed by atoms with Gasteiger partial charge in [-0.15, -0.1) is 10.2 Å². The number of carbonyl (C=O) groups is 1. The van der Waals surface area contributed by atoms with E-state index in [1.165, 1.54) is 11.8 Å². The molecule has 0 unspecified atom stereocenters. The highest BCUT2D eigenvalue weighted by Gasteiger charge is 2.14. The van der Waals surface area contributed by atoms with Gasteiger partial charge in [0.1, 0.15) is 0 Å². The lowest BCUT2D eigenvalue weighted by Gasteiger charge is -2.05. The van der Waals surface area contributed by atoms with Gasteiger partial charge in [-0.25, -0.2) is 0 Å². The molecule has 0 radical (unpaired) electrons. The molecule has 0 aliphatic heterocycles. The number of halogens is 1. The van der Waals surface area contributed by atoms with Gasteiger partial charge in [-0.2, -0.15) is 5.10 Å². The van der Waals surface area contributed by atoms with Gasteiger partial charge in [0.15, 0.2) is 11.0 Å². The Morgan fingerprint density at radius 2 is 2.04 bits per heavy atom.